The van der Waals surface area contributed by atoms with Gasteiger partial charge in [-0.1, -0.05) is 42.5 Å². The van der Waals surface area contributed by atoms with Crippen molar-refractivity contribution >= 4 is 17.7 Å². The molecule has 5 nitrogen and oxygen atoms in total. The molecule has 4 unspecified atom stereocenters. The molecular weight excluding hydrogens is 316 g/mol. The molecule has 0 spiro atoms. The molecule has 1 aliphatic heterocycles. The van der Waals surface area contributed by atoms with Crippen LogP contribution in [0.1, 0.15) is 18.4 Å². The predicted molar refractivity (Wildman–Crippen MR) is 92.0 cm³/mol. The quantitative estimate of drug-likeness (QED) is 0.608. The third-order valence-electron chi connectivity index (χ3n) is 5.80. The van der Waals surface area contributed by atoms with Crippen LogP contribution < -0.4 is 0 Å². The summed E-state index contributed by atoms with van der Waals surface area (Å²) in [5.74, 6) is -0.140. The lowest BCUT2D eigenvalue weighted by atomic mass is 9.85. The van der Waals surface area contributed by atoms with E-state index in [4.69, 9.17) is 0 Å². The number of allylic oxidation sites excluding steroid dienone is 2. The lowest BCUT2D eigenvalue weighted by Crippen LogP contribution is -2.37. The highest BCUT2D eigenvalue weighted by Crippen LogP contribution is 2.52. The topological polar surface area (TPSA) is 57.7 Å². The Balaban J connectivity index is 1.35. The van der Waals surface area contributed by atoms with Gasteiger partial charge in [0.1, 0.15) is 0 Å². The summed E-state index contributed by atoms with van der Waals surface area (Å²) in [6.07, 6.45) is 5.28. The second-order valence-electron chi connectivity index (χ2n) is 7.31. The zero-order valence-electron chi connectivity index (χ0n) is 14.3. The van der Waals surface area contributed by atoms with Crippen molar-refractivity contribution in [2.45, 2.75) is 19.4 Å². The predicted octanol–water partition coefficient (Wildman–Crippen LogP) is 1.84. The molecule has 0 N–H and O–H groups in total. The normalized spacial score (nSPS) is 29.4. The minimum Gasteiger partial charge on any atom is -0.341 e. The van der Waals surface area contributed by atoms with Crippen molar-refractivity contribution in [2.75, 3.05) is 13.6 Å². The third kappa shape index (κ3) is 2.68. The maximum Gasteiger partial charge on any atom is 0.233 e. The van der Waals surface area contributed by atoms with Gasteiger partial charge < -0.3 is 4.90 Å². The molecule has 1 aromatic carbocycles. The summed E-state index contributed by atoms with van der Waals surface area (Å²) in [6, 6.07) is 9.77. The number of hydrogen-bond donors (Lipinski definition) is 0. The minimum absolute atomic E-state index is 0.0531. The number of carbonyl (C=O) groups is 3. The summed E-state index contributed by atoms with van der Waals surface area (Å²) in [6.45, 7) is 0.725. The zero-order chi connectivity index (χ0) is 17.6. The standard InChI is InChI=1S/C20H22N2O3/c1-21(12-13-5-3-2-4-6-13)16(23)9-10-22-19(24)17-14-7-8-15(11-14)18(17)20(22)25/h2-8,14-15,17-18H,9-12H2,1H3. The Morgan fingerprint density at radius 2 is 1.68 bits per heavy atom. The number of hydrogen-bond acceptors (Lipinski definition) is 3. The average molecular weight is 338 g/mol. The van der Waals surface area contributed by atoms with E-state index in [0.717, 1.165) is 12.0 Å². The number of benzene rings is 1. The van der Waals surface area contributed by atoms with E-state index in [1.54, 1.807) is 11.9 Å². The summed E-state index contributed by atoms with van der Waals surface area (Å²) >= 11 is 0. The fourth-order valence-electron chi connectivity index (χ4n) is 4.53. The second-order valence-corrected chi connectivity index (χ2v) is 7.31. The highest BCUT2D eigenvalue weighted by Gasteiger charge is 2.59. The van der Waals surface area contributed by atoms with E-state index in [1.165, 1.54) is 4.90 Å². The Morgan fingerprint density at radius 1 is 1.08 bits per heavy atom. The Kier molecular flexibility index (Phi) is 3.94. The number of fused-ring (bicyclic) bond motifs is 5. The molecule has 4 atom stereocenters. The van der Waals surface area contributed by atoms with Crippen LogP contribution in [0.25, 0.3) is 0 Å². The van der Waals surface area contributed by atoms with Gasteiger partial charge in [0.15, 0.2) is 0 Å². The maximum absolute atomic E-state index is 12.6. The highest BCUT2D eigenvalue weighted by molar-refractivity contribution is 6.06. The van der Waals surface area contributed by atoms with Gasteiger partial charge in [0.05, 0.1) is 11.8 Å². The van der Waals surface area contributed by atoms with Crippen LogP contribution in [0, 0.1) is 23.7 Å². The van der Waals surface area contributed by atoms with Gasteiger partial charge in [0.25, 0.3) is 0 Å². The van der Waals surface area contributed by atoms with E-state index in [9.17, 15) is 14.4 Å². The first-order valence-electron chi connectivity index (χ1n) is 8.87. The molecule has 1 saturated heterocycles. The molecule has 2 bridgehead atoms. The van der Waals surface area contributed by atoms with Crippen molar-refractivity contribution in [3.8, 4) is 0 Å². The average Bonchev–Trinajstić information content (AvgIpc) is 3.28. The van der Waals surface area contributed by atoms with Crippen LogP contribution in [-0.4, -0.2) is 41.1 Å². The van der Waals surface area contributed by atoms with Gasteiger partial charge in [0.2, 0.25) is 17.7 Å². The molecule has 2 fully saturated rings. The van der Waals surface area contributed by atoms with Crippen molar-refractivity contribution in [1.82, 2.24) is 9.80 Å². The van der Waals surface area contributed by atoms with Crippen molar-refractivity contribution in [2.24, 2.45) is 23.7 Å². The van der Waals surface area contributed by atoms with E-state index < -0.39 is 0 Å². The summed E-state index contributed by atoms with van der Waals surface area (Å²) in [5, 5.41) is 0. The Morgan fingerprint density at radius 3 is 2.28 bits per heavy atom. The number of rotatable bonds is 5. The van der Waals surface area contributed by atoms with Gasteiger partial charge in [-0.25, -0.2) is 0 Å². The molecule has 5 heteroatoms. The van der Waals surface area contributed by atoms with Crippen molar-refractivity contribution in [3.05, 3.63) is 48.0 Å². The number of amides is 3. The van der Waals surface area contributed by atoms with Gasteiger partial charge in [-0.3, -0.25) is 19.3 Å². The van der Waals surface area contributed by atoms with E-state index >= 15 is 0 Å². The summed E-state index contributed by atoms with van der Waals surface area (Å²) in [4.78, 5) is 40.6. The van der Waals surface area contributed by atoms with Crippen LogP contribution in [-0.2, 0) is 20.9 Å². The number of nitrogens with zero attached hydrogens (tertiary/aromatic N) is 2. The van der Waals surface area contributed by atoms with Crippen molar-refractivity contribution in [3.63, 3.8) is 0 Å². The Hall–Kier alpha value is -2.43. The largest absolute Gasteiger partial charge is 0.341 e. The Labute approximate surface area is 147 Å². The molecule has 1 aromatic rings. The van der Waals surface area contributed by atoms with Crippen molar-refractivity contribution in [1.29, 1.82) is 0 Å². The molecule has 130 valence electrons. The minimum atomic E-state index is -0.181. The first-order chi connectivity index (χ1) is 12.1. The molecule has 3 amide bonds. The van der Waals surface area contributed by atoms with E-state index in [2.05, 4.69) is 12.2 Å². The number of likely N-dealkylation sites (tertiary alicyclic amines) is 1. The molecule has 2 aliphatic carbocycles. The van der Waals surface area contributed by atoms with Crippen LogP contribution >= 0.6 is 0 Å². The smallest absolute Gasteiger partial charge is 0.233 e. The second kappa shape index (κ2) is 6.14. The first kappa shape index (κ1) is 16.1. The SMILES string of the molecule is CN(Cc1ccccc1)C(=O)CCN1C(=O)C2C3C=CC(C3)C2C1=O. The lowest BCUT2D eigenvalue weighted by Gasteiger charge is -2.20. The number of carbonyl (C=O) groups excluding carboxylic acids is 3. The first-order valence-corrected chi connectivity index (χ1v) is 8.87. The molecule has 4 rings (SSSR count). The number of imide groups is 1. The van der Waals surface area contributed by atoms with Crippen molar-refractivity contribution < 1.29 is 14.4 Å². The summed E-state index contributed by atoms with van der Waals surface area (Å²) in [7, 11) is 1.75. The van der Waals surface area contributed by atoms with Gasteiger partial charge in [-0.15, -0.1) is 0 Å². The summed E-state index contributed by atoms with van der Waals surface area (Å²) < 4.78 is 0. The summed E-state index contributed by atoms with van der Waals surface area (Å²) in [5.41, 5.74) is 1.06. The van der Waals surface area contributed by atoms with Gasteiger partial charge in [-0.05, 0) is 23.8 Å². The van der Waals surface area contributed by atoms with Crippen LogP contribution in [0.4, 0.5) is 0 Å². The van der Waals surface area contributed by atoms with Gasteiger partial charge in [-0.2, -0.15) is 0 Å². The fraction of sp³-hybridized carbons (Fsp3) is 0.450. The third-order valence-corrected chi connectivity index (χ3v) is 5.80. The molecule has 1 saturated carbocycles. The monoisotopic (exact) mass is 338 g/mol. The van der Waals surface area contributed by atoms with E-state index in [-0.39, 0.29) is 54.4 Å². The molecule has 0 aromatic heterocycles. The van der Waals surface area contributed by atoms with E-state index in [0.29, 0.717) is 6.54 Å². The van der Waals surface area contributed by atoms with E-state index in [1.807, 2.05) is 30.3 Å². The van der Waals surface area contributed by atoms with Gasteiger partial charge in [0, 0.05) is 26.6 Å². The Bertz CT molecular complexity index is 713. The van der Waals surface area contributed by atoms with Crippen LogP contribution in [0.2, 0.25) is 0 Å². The van der Waals surface area contributed by atoms with Crippen LogP contribution in [0.15, 0.2) is 42.5 Å². The fourth-order valence-corrected chi connectivity index (χ4v) is 4.53. The lowest BCUT2D eigenvalue weighted by molar-refractivity contribution is -0.141. The molecule has 1 heterocycles. The maximum atomic E-state index is 12.6. The molecular formula is C20H22N2O3. The van der Waals surface area contributed by atoms with Crippen LogP contribution in [0.3, 0.4) is 0 Å². The molecule has 0 radical (unpaired) electrons. The highest BCUT2D eigenvalue weighted by atomic mass is 16.2. The van der Waals surface area contributed by atoms with Gasteiger partial charge >= 0.3 is 0 Å². The molecule has 3 aliphatic rings. The molecule has 25 heavy (non-hydrogen) atoms. The zero-order valence-corrected chi connectivity index (χ0v) is 14.3. The van der Waals surface area contributed by atoms with Crippen LogP contribution in [0.5, 0.6) is 0 Å².